The van der Waals surface area contributed by atoms with E-state index in [0.717, 1.165) is 23.2 Å². The molecule has 116 valence electrons. The molecule has 0 saturated heterocycles. The van der Waals surface area contributed by atoms with Crippen LogP contribution in [0.4, 0.5) is 10.5 Å². The molecule has 0 aliphatic rings. The SMILES string of the molecule is Cc1cccc(C)c1NC(=O)NC(N)=NOCCC(C)C. The zero-order chi connectivity index (χ0) is 15.8. The number of anilines is 1. The number of urea groups is 1. The first kappa shape index (κ1) is 16.8. The number of oxime groups is 1. The summed E-state index contributed by atoms with van der Waals surface area (Å²) in [5.74, 6) is 0.462. The summed E-state index contributed by atoms with van der Waals surface area (Å²) >= 11 is 0. The van der Waals surface area contributed by atoms with E-state index in [1.807, 2.05) is 32.0 Å². The van der Waals surface area contributed by atoms with E-state index in [1.54, 1.807) is 0 Å². The molecule has 0 unspecified atom stereocenters. The Labute approximate surface area is 125 Å². The normalized spacial score (nSPS) is 11.4. The van der Waals surface area contributed by atoms with E-state index in [-0.39, 0.29) is 5.96 Å². The smallest absolute Gasteiger partial charge is 0.326 e. The minimum absolute atomic E-state index is 0.0671. The molecule has 1 aromatic rings. The molecule has 6 heteroatoms. The van der Waals surface area contributed by atoms with Crippen molar-refractivity contribution in [3.05, 3.63) is 29.3 Å². The van der Waals surface area contributed by atoms with Crippen LogP contribution in [0.25, 0.3) is 0 Å². The largest absolute Gasteiger partial charge is 0.393 e. The van der Waals surface area contributed by atoms with E-state index in [9.17, 15) is 4.79 Å². The number of nitrogens with two attached hydrogens (primary N) is 1. The van der Waals surface area contributed by atoms with Crippen molar-refractivity contribution < 1.29 is 9.63 Å². The van der Waals surface area contributed by atoms with E-state index in [2.05, 4.69) is 29.6 Å². The van der Waals surface area contributed by atoms with Crippen molar-refractivity contribution in [1.29, 1.82) is 0 Å². The van der Waals surface area contributed by atoms with Crippen molar-refractivity contribution in [2.45, 2.75) is 34.1 Å². The lowest BCUT2D eigenvalue weighted by molar-refractivity contribution is 0.131. The van der Waals surface area contributed by atoms with Gasteiger partial charge in [0.1, 0.15) is 6.61 Å². The molecule has 0 aliphatic carbocycles. The van der Waals surface area contributed by atoms with Gasteiger partial charge in [-0.3, -0.25) is 5.32 Å². The molecule has 6 nitrogen and oxygen atoms in total. The number of nitrogens with one attached hydrogen (secondary N) is 2. The minimum Gasteiger partial charge on any atom is -0.393 e. The summed E-state index contributed by atoms with van der Waals surface area (Å²) in [5.41, 5.74) is 8.30. The molecule has 1 aromatic carbocycles. The number of hydrogen-bond acceptors (Lipinski definition) is 3. The lowest BCUT2D eigenvalue weighted by atomic mass is 10.1. The molecule has 1 rings (SSSR count). The third kappa shape index (κ3) is 6.16. The summed E-state index contributed by atoms with van der Waals surface area (Å²) in [6.45, 7) is 8.50. The molecule has 4 N–H and O–H groups in total. The van der Waals surface area contributed by atoms with Crippen LogP contribution in [-0.4, -0.2) is 18.6 Å². The highest BCUT2D eigenvalue weighted by atomic mass is 16.6. The van der Waals surface area contributed by atoms with Crippen LogP contribution in [0.15, 0.2) is 23.4 Å². The molecule has 0 aliphatic heterocycles. The molecule has 0 heterocycles. The first-order valence-electron chi connectivity index (χ1n) is 6.99. The summed E-state index contributed by atoms with van der Waals surface area (Å²) in [4.78, 5) is 16.9. The van der Waals surface area contributed by atoms with E-state index < -0.39 is 6.03 Å². The first-order chi connectivity index (χ1) is 9.90. The molecular weight excluding hydrogens is 268 g/mol. The number of para-hydroxylation sites is 1. The van der Waals surface area contributed by atoms with Gasteiger partial charge in [0.15, 0.2) is 0 Å². The fraction of sp³-hybridized carbons (Fsp3) is 0.467. The van der Waals surface area contributed by atoms with E-state index >= 15 is 0 Å². The third-order valence-electron chi connectivity index (χ3n) is 2.91. The van der Waals surface area contributed by atoms with Gasteiger partial charge in [0, 0.05) is 5.69 Å². The zero-order valence-corrected chi connectivity index (χ0v) is 13.1. The van der Waals surface area contributed by atoms with Gasteiger partial charge in [0.25, 0.3) is 0 Å². The average Bonchev–Trinajstić information content (AvgIpc) is 2.39. The Balaban J connectivity index is 2.48. The van der Waals surface area contributed by atoms with Crippen molar-refractivity contribution in [1.82, 2.24) is 5.32 Å². The molecule has 0 aromatic heterocycles. The van der Waals surface area contributed by atoms with Crippen LogP contribution in [0.2, 0.25) is 0 Å². The van der Waals surface area contributed by atoms with Gasteiger partial charge in [-0.15, -0.1) is 0 Å². The Bertz CT molecular complexity index is 492. The fourth-order valence-corrected chi connectivity index (χ4v) is 1.70. The van der Waals surface area contributed by atoms with Crippen LogP contribution in [0.1, 0.15) is 31.4 Å². The quantitative estimate of drug-likeness (QED) is 0.337. The summed E-state index contributed by atoms with van der Waals surface area (Å²) in [7, 11) is 0. The molecular formula is C15H24N4O2. The Kier molecular flexibility index (Phi) is 6.52. The first-order valence-corrected chi connectivity index (χ1v) is 6.99. The molecule has 0 radical (unpaired) electrons. The van der Waals surface area contributed by atoms with Crippen LogP contribution in [0.3, 0.4) is 0 Å². The number of carbonyl (C=O) groups is 1. The molecule has 0 spiro atoms. The zero-order valence-electron chi connectivity index (χ0n) is 13.1. The van der Waals surface area contributed by atoms with Crippen molar-refractivity contribution in [3.8, 4) is 0 Å². The second kappa shape index (κ2) is 8.14. The second-order valence-electron chi connectivity index (χ2n) is 5.34. The highest BCUT2D eigenvalue weighted by Gasteiger charge is 2.08. The number of benzene rings is 1. The number of rotatable bonds is 5. The predicted molar refractivity (Wildman–Crippen MR) is 85.1 cm³/mol. The van der Waals surface area contributed by atoms with Crippen LogP contribution in [0.5, 0.6) is 0 Å². The Morgan fingerprint density at radius 1 is 1.33 bits per heavy atom. The maximum Gasteiger partial charge on any atom is 0.326 e. The average molecular weight is 292 g/mol. The van der Waals surface area contributed by atoms with Crippen LogP contribution < -0.4 is 16.4 Å². The number of carbonyl (C=O) groups excluding carboxylic acids is 1. The molecule has 0 fully saturated rings. The van der Waals surface area contributed by atoms with Crippen molar-refractivity contribution in [2.24, 2.45) is 16.8 Å². The molecule has 0 atom stereocenters. The van der Waals surface area contributed by atoms with Crippen molar-refractivity contribution >= 4 is 17.7 Å². The molecule has 2 amide bonds. The lowest BCUT2D eigenvalue weighted by Gasteiger charge is -2.12. The second-order valence-corrected chi connectivity index (χ2v) is 5.34. The van der Waals surface area contributed by atoms with Gasteiger partial charge in [0.2, 0.25) is 5.96 Å². The molecule has 0 bridgehead atoms. The van der Waals surface area contributed by atoms with Gasteiger partial charge in [-0.1, -0.05) is 32.0 Å². The third-order valence-corrected chi connectivity index (χ3v) is 2.91. The van der Waals surface area contributed by atoms with Gasteiger partial charge in [-0.05, 0) is 42.5 Å². The molecule has 21 heavy (non-hydrogen) atoms. The van der Waals surface area contributed by atoms with Crippen molar-refractivity contribution in [2.75, 3.05) is 11.9 Å². The fourth-order valence-electron chi connectivity index (χ4n) is 1.70. The number of hydrogen-bond donors (Lipinski definition) is 3. The number of aryl methyl sites for hydroxylation is 2. The minimum atomic E-state index is -0.443. The topological polar surface area (TPSA) is 88.7 Å². The predicted octanol–water partition coefficient (Wildman–Crippen LogP) is 2.72. The summed E-state index contributed by atoms with van der Waals surface area (Å²) in [5, 5.41) is 8.82. The number of nitrogens with zero attached hydrogens (tertiary/aromatic N) is 1. The highest BCUT2D eigenvalue weighted by molar-refractivity contribution is 6.02. The summed E-state index contributed by atoms with van der Waals surface area (Å²) < 4.78 is 0. The lowest BCUT2D eigenvalue weighted by Crippen LogP contribution is -2.40. The monoisotopic (exact) mass is 292 g/mol. The van der Waals surface area contributed by atoms with Gasteiger partial charge in [-0.2, -0.15) is 0 Å². The van der Waals surface area contributed by atoms with E-state index in [4.69, 9.17) is 10.6 Å². The molecule has 0 saturated carbocycles. The number of guanidine groups is 1. The van der Waals surface area contributed by atoms with E-state index in [1.165, 1.54) is 0 Å². The van der Waals surface area contributed by atoms with E-state index in [0.29, 0.717) is 12.5 Å². The summed E-state index contributed by atoms with van der Waals surface area (Å²) in [6, 6.07) is 5.34. The maximum absolute atomic E-state index is 11.8. The maximum atomic E-state index is 11.8. The van der Waals surface area contributed by atoms with Gasteiger partial charge >= 0.3 is 6.03 Å². The highest BCUT2D eigenvalue weighted by Crippen LogP contribution is 2.18. The Morgan fingerprint density at radius 2 is 1.95 bits per heavy atom. The standard InChI is InChI=1S/C15H24N4O2/c1-10(2)8-9-21-19-14(16)18-15(20)17-13-11(3)6-5-7-12(13)4/h5-7,10H,8-9H2,1-4H3,(H4,16,17,18,19,20). The van der Waals surface area contributed by atoms with Gasteiger partial charge in [-0.25, -0.2) is 4.79 Å². The summed E-state index contributed by atoms with van der Waals surface area (Å²) in [6.07, 6.45) is 0.880. The van der Waals surface area contributed by atoms with Gasteiger partial charge < -0.3 is 15.9 Å². The van der Waals surface area contributed by atoms with Crippen LogP contribution in [0, 0.1) is 19.8 Å². The van der Waals surface area contributed by atoms with Crippen LogP contribution >= 0.6 is 0 Å². The van der Waals surface area contributed by atoms with Gasteiger partial charge in [0.05, 0.1) is 0 Å². The van der Waals surface area contributed by atoms with Crippen molar-refractivity contribution in [3.63, 3.8) is 0 Å². The van der Waals surface area contributed by atoms with Crippen LogP contribution in [-0.2, 0) is 4.84 Å². The Hall–Kier alpha value is -2.24. The Morgan fingerprint density at radius 3 is 2.52 bits per heavy atom. The number of amides is 2.